The lowest BCUT2D eigenvalue weighted by Crippen LogP contribution is -2.21. The van der Waals surface area contributed by atoms with E-state index in [0.717, 1.165) is 36.3 Å². The first-order valence-electron chi connectivity index (χ1n) is 9.60. The first-order chi connectivity index (χ1) is 13.9. The van der Waals surface area contributed by atoms with Crippen molar-refractivity contribution in [2.24, 2.45) is 0 Å². The molecular weight excluding hydrogens is 390 g/mol. The number of aryl methyl sites for hydroxylation is 1. The number of benzene rings is 2. The van der Waals surface area contributed by atoms with E-state index in [0.29, 0.717) is 23.1 Å². The Morgan fingerprint density at radius 1 is 1.17 bits per heavy atom. The van der Waals surface area contributed by atoms with Crippen LogP contribution in [0.25, 0.3) is 0 Å². The molecule has 158 valence electrons. The Bertz CT molecular complexity index is 795. The molecule has 0 radical (unpaired) electrons. The number of methoxy groups -OCH3 is 1. The maximum atomic E-state index is 12.2. The Balaban J connectivity index is 1.90. The van der Waals surface area contributed by atoms with Gasteiger partial charge in [0.15, 0.2) is 18.1 Å². The summed E-state index contributed by atoms with van der Waals surface area (Å²) in [6.45, 7) is 4.46. The molecule has 2 aromatic rings. The van der Waals surface area contributed by atoms with Gasteiger partial charge in [0.25, 0.3) is 5.91 Å². The van der Waals surface area contributed by atoms with E-state index < -0.39 is 0 Å². The van der Waals surface area contributed by atoms with E-state index in [1.165, 1.54) is 0 Å². The second kappa shape index (κ2) is 11.7. The van der Waals surface area contributed by atoms with Gasteiger partial charge in [-0.25, -0.2) is 0 Å². The number of nitrogens with zero attached hydrogens (tertiary/aromatic N) is 1. The molecule has 0 unspecified atom stereocenters. The van der Waals surface area contributed by atoms with Gasteiger partial charge in [0.05, 0.1) is 12.1 Å². The number of ether oxygens (including phenoxy) is 2. The minimum absolute atomic E-state index is 0.161. The van der Waals surface area contributed by atoms with Crippen molar-refractivity contribution in [3.05, 3.63) is 52.5 Å². The van der Waals surface area contributed by atoms with Crippen LogP contribution in [-0.4, -0.2) is 51.7 Å². The molecule has 0 saturated heterocycles. The molecule has 0 saturated carbocycles. The Hall–Kier alpha value is -2.28. The molecule has 7 heteroatoms. The molecule has 2 rings (SSSR count). The summed E-state index contributed by atoms with van der Waals surface area (Å²) < 4.78 is 11.1. The predicted molar refractivity (Wildman–Crippen MR) is 118 cm³/mol. The Kier molecular flexibility index (Phi) is 9.25. The van der Waals surface area contributed by atoms with Gasteiger partial charge in [0, 0.05) is 12.2 Å². The number of hydrogen-bond donors (Lipinski definition) is 2. The second-order valence-electron chi connectivity index (χ2n) is 7.15. The minimum Gasteiger partial charge on any atom is -0.493 e. The number of nitrogens with one attached hydrogen (secondary N) is 2. The normalized spacial score (nSPS) is 10.8. The molecule has 0 bridgehead atoms. The lowest BCUT2D eigenvalue weighted by Gasteiger charge is -2.15. The SMILES string of the molecule is COc1cc(CNCCCN(C)C)cc(Cl)c1OCC(=O)Nc1ccc(C)cc1. The van der Waals surface area contributed by atoms with Gasteiger partial charge in [-0.1, -0.05) is 29.3 Å². The van der Waals surface area contributed by atoms with Crippen LogP contribution in [0.15, 0.2) is 36.4 Å². The highest BCUT2D eigenvalue weighted by atomic mass is 35.5. The molecule has 0 aliphatic carbocycles. The number of carbonyl (C=O) groups excluding carboxylic acids is 1. The second-order valence-corrected chi connectivity index (χ2v) is 7.55. The van der Waals surface area contributed by atoms with Gasteiger partial charge in [0.2, 0.25) is 0 Å². The third-order valence-corrected chi connectivity index (χ3v) is 4.54. The van der Waals surface area contributed by atoms with Crippen LogP contribution in [0.1, 0.15) is 17.5 Å². The summed E-state index contributed by atoms with van der Waals surface area (Å²) in [7, 11) is 5.67. The molecule has 2 N–H and O–H groups in total. The zero-order valence-corrected chi connectivity index (χ0v) is 18.3. The molecule has 1 amide bonds. The van der Waals surface area contributed by atoms with Crippen LogP contribution < -0.4 is 20.1 Å². The average molecular weight is 420 g/mol. The van der Waals surface area contributed by atoms with E-state index in [2.05, 4.69) is 29.6 Å². The molecule has 0 atom stereocenters. The molecule has 0 heterocycles. The summed E-state index contributed by atoms with van der Waals surface area (Å²) in [6, 6.07) is 11.3. The van der Waals surface area contributed by atoms with Gasteiger partial charge in [-0.2, -0.15) is 0 Å². The number of halogens is 1. The molecule has 0 fully saturated rings. The number of amides is 1. The molecular formula is C22H30ClN3O3. The fourth-order valence-corrected chi connectivity index (χ4v) is 3.03. The quantitative estimate of drug-likeness (QED) is 0.543. The van der Waals surface area contributed by atoms with Crippen LogP contribution >= 0.6 is 11.6 Å². The summed E-state index contributed by atoms with van der Waals surface area (Å²) >= 11 is 6.38. The highest BCUT2D eigenvalue weighted by Crippen LogP contribution is 2.36. The van der Waals surface area contributed by atoms with Gasteiger partial charge in [0.1, 0.15) is 0 Å². The molecule has 0 spiro atoms. The molecule has 0 aliphatic heterocycles. The Labute approximate surface area is 178 Å². The van der Waals surface area contributed by atoms with Crippen molar-refractivity contribution in [3.8, 4) is 11.5 Å². The molecule has 29 heavy (non-hydrogen) atoms. The maximum Gasteiger partial charge on any atom is 0.262 e. The standard InChI is InChI=1S/C22H30ClN3O3/c1-16-6-8-18(9-7-16)25-21(27)15-29-22-19(23)12-17(13-20(22)28-4)14-24-10-5-11-26(2)3/h6-9,12-13,24H,5,10-11,14-15H2,1-4H3,(H,25,27). The van der Waals surface area contributed by atoms with Gasteiger partial charge in [-0.15, -0.1) is 0 Å². The van der Waals surface area contributed by atoms with E-state index in [9.17, 15) is 4.79 Å². The van der Waals surface area contributed by atoms with Crippen LogP contribution in [0.5, 0.6) is 11.5 Å². The summed E-state index contributed by atoms with van der Waals surface area (Å²) in [5.41, 5.74) is 2.84. The average Bonchev–Trinajstić information content (AvgIpc) is 2.68. The topological polar surface area (TPSA) is 62.8 Å². The van der Waals surface area contributed by atoms with Gasteiger partial charge in [-0.3, -0.25) is 4.79 Å². The largest absolute Gasteiger partial charge is 0.493 e. The maximum absolute atomic E-state index is 12.2. The van der Waals surface area contributed by atoms with Crippen LogP contribution in [0.3, 0.4) is 0 Å². The van der Waals surface area contributed by atoms with Crippen molar-refractivity contribution in [2.75, 3.05) is 46.2 Å². The fraction of sp³-hybridized carbons (Fsp3) is 0.409. The third kappa shape index (κ3) is 7.93. The number of rotatable bonds is 11. The van der Waals surface area contributed by atoms with Gasteiger partial charge < -0.3 is 25.0 Å². The van der Waals surface area contributed by atoms with Crippen molar-refractivity contribution in [1.29, 1.82) is 0 Å². The van der Waals surface area contributed by atoms with Crippen molar-refractivity contribution >= 4 is 23.2 Å². The molecule has 0 aromatic heterocycles. The lowest BCUT2D eigenvalue weighted by molar-refractivity contribution is -0.118. The first kappa shape index (κ1) is 23.0. The third-order valence-electron chi connectivity index (χ3n) is 4.26. The van der Waals surface area contributed by atoms with Crippen molar-refractivity contribution in [1.82, 2.24) is 10.2 Å². The Morgan fingerprint density at radius 3 is 2.55 bits per heavy atom. The monoisotopic (exact) mass is 419 g/mol. The highest BCUT2D eigenvalue weighted by Gasteiger charge is 2.14. The molecule has 2 aromatic carbocycles. The van der Waals surface area contributed by atoms with E-state index in [4.69, 9.17) is 21.1 Å². The first-order valence-corrected chi connectivity index (χ1v) is 9.98. The van der Waals surface area contributed by atoms with Gasteiger partial charge >= 0.3 is 0 Å². The summed E-state index contributed by atoms with van der Waals surface area (Å²) in [5.74, 6) is 0.605. The zero-order valence-electron chi connectivity index (χ0n) is 17.5. The van der Waals surface area contributed by atoms with Crippen LogP contribution in [0, 0.1) is 6.92 Å². The van der Waals surface area contributed by atoms with Gasteiger partial charge in [-0.05, 0) is 70.4 Å². The van der Waals surface area contributed by atoms with Crippen molar-refractivity contribution in [3.63, 3.8) is 0 Å². The predicted octanol–water partition coefficient (Wildman–Crippen LogP) is 3.72. The minimum atomic E-state index is -0.265. The van der Waals surface area contributed by atoms with E-state index in [1.54, 1.807) is 7.11 Å². The summed E-state index contributed by atoms with van der Waals surface area (Å²) in [4.78, 5) is 14.3. The lowest BCUT2D eigenvalue weighted by atomic mass is 10.2. The van der Waals surface area contributed by atoms with Crippen LogP contribution in [0.4, 0.5) is 5.69 Å². The van der Waals surface area contributed by atoms with E-state index in [-0.39, 0.29) is 12.5 Å². The van der Waals surface area contributed by atoms with Crippen LogP contribution in [-0.2, 0) is 11.3 Å². The number of carbonyl (C=O) groups is 1. The molecule has 6 nitrogen and oxygen atoms in total. The fourth-order valence-electron chi connectivity index (χ4n) is 2.74. The summed E-state index contributed by atoms with van der Waals surface area (Å²) in [5, 5.41) is 6.60. The highest BCUT2D eigenvalue weighted by molar-refractivity contribution is 6.32. The number of hydrogen-bond acceptors (Lipinski definition) is 5. The zero-order chi connectivity index (χ0) is 21.2. The number of anilines is 1. The summed E-state index contributed by atoms with van der Waals surface area (Å²) in [6.07, 6.45) is 1.06. The molecule has 0 aliphatic rings. The van der Waals surface area contributed by atoms with E-state index in [1.807, 2.05) is 43.3 Å². The van der Waals surface area contributed by atoms with Crippen molar-refractivity contribution < 1.29 is 14.3 Å². The van der Waals surface area contributed by atoms with Crippen LogP contribution in [0.2, 0.25) is 5.02 Å². The smallest absolute Gasteiger partial charge is 0.262 e. The van der Waals surface area contributed by atoms with Crippen molar-refractivity contribution in [2.45, 2.75) is 19.9 Å². The Morgan fingerprint density at radius 2 is 1.90 bits per heavy atom. The van der Waals surface area contributed by atoms with E-state index >= 15 is 0 Å².